The molecule has 5 nitrogen and oxygen atoms in total. The first-order valence-corrected chi connectivity index (χ1v) is 8.43. The number of carbonyl (C=O) groups excluding carboxylic acids is 1. The Kier molecular flexibility index (Phi) is 5.74. The van der Waals surface area contributed by atoms with Crippen LogP contribution in [0.3, 0.4) is 0 Å². The van der Waals surface area contributed by atoms with Crippen molar-refractivity contribution in [1.82, 2.24) is 10.3 Å². The number of aliphatic hydroxyl groups is 1. The van der Waals surface area contributed by atoms with E-state index in [9.17, 15) is 9.90 Å². The van der Waals surface area contributed by atoms with Gasteiger partial charge in [0.1, 0.15) is 4.88 Å². The van der Waals surface area contributed by atoms with Gasteiger partial charge in [-0.2, -0.15) is 0 Å². The van der Waals surface area contributed by atoms with Crippen LogP contribution in [0.25, 0.3) is 0 Å². The van der Waals surface area contributed by atoms with Gasteiger partial charge in [-0.25, -0.2) is 4.98 Å². The Morgan fingerprint density at radius 1 is 1.35 bits per heavy atom. The number of thiazole rings is 1. The summed E-state index contributed by atoms with van der Waals surface area (Å²) >= 11 is 1.35. The summed E-state index contributed by atoms with van der Waals surface area (Å²) in [5.41, 5.74) is 2.83. The van der Waals surface area contributed by atoms with Crippen LogP contribution in [-0.2, 0) is 6.42 Å². The Morgan fingerprint density at radius 2 is 2.00 bits per heavy atom. The van der Waals surface area contributed by atoms with Crippen molar-refractivity contribution >= 4 is 22.4 Å². The summed E-state index contributed by atoms with van der Waals surface area (Å²) in [4.78, 5) is 19.3. The average molecular weight is 333 g/mol. The fourth-order valence-electron chi connectivity index (χ4n) is 2.23. The number of carbonyl (C=O) groups is 1. The minimum absolute atomic E-state index is 0.143. The van der Waals surface area contributed by atoms with Crippen LogP contribution in [0.4, 0.5) is 5.13 Å². The lowest BCUT2D eigenvalue weighted by Gasteiger charge is -2.16. The van der Waals surface area contributed by atoms with E-state index in [1.54, 1.807) is 0 Å². The van der Waals surface area contributed by atoms with Gasteiger partial charge in [0.2, 0.25) is 0 Å². The number of rotatable bonds is 6. The molecule has 0 aliphatic carbocycles. The molecule has 1 unspecified atom stereocenters. The summed E-state index contributed by atoms with van der Waals surface area (Å²) in [5, 5.41) is 13.3. The number of nitrogens with one attached hydrogen (secondary N) is 1. The molecule has 124 valence electrons. The molecular weight excluding hydrogens is 310 g/mol. The van der Waals surface area contributed by atoms with Crippen molar-refractivity contribution in [3.8, 4) is 0 Å². The summed E-state index contributed by atoms with van der Waals surface area (Å²) in [6.45, 7) is 3.77. The summed E-state index contributed by atoms with van der Waals surface area (Å²) in [6.07, 6.45) is 0.962. The fraction of sp³-hybridized carbons (Fsp3) is 0.412. The van der Waals surface area contributed by atoms with Gasteiger partial charge >= 0.3 is 0 Å². The third kappa shape index (κ3) is 4.09. The molecule has 2 rings (SSSR count). The largest absolute Gasteiger partial charge is 0.394 e. The monoisotopic (exact) mass is 333 g/mol. The van der Waals surface area contributed by atoms with E-state index < -0.39 is 6.04 Å². The van der Waals surface area contributed by atoms with Crippen molar-refractivity contribution in [3.63, 3.8) is 0 Å². The van der Waals surface area contributed by atoms with E-state index in [4.69, 9.17) is 0 Å². The zero-order valence-corrected chi connectivity index (χ0v) is 14.8. The third-order valence-corrected chi connectivity index (χ3v) is 4.98. The van der Waals surface area contributed by atoms with E-state index in [1.807, 2.05) is 50.2 Å². The predicted octanol–water partition coefficient (Wildman–Crippen LogP) is 2.54. The summed E-state index contributed by atoms with van der Waals surface area (Å²) in [7, 11) is 3.79. The van der Waals surface area contributed by atoms with Crippen LogP contribution < -0.4 is 10.2 Å². The number of benzene rings is 1. The number of hydrogen-bond acceptors (Lipinski definition) is 5. The van der Waals surface area contributed by atoms with Crippen molar-refractivity contribution in [3.05, 3.63) is 46.0 Å². The molecule has 0 bridgehead atoms. The molecule has 0 aliphatic heterocycles. The standard InChI is InChI=1S/C17H23N3O2S/c1-5-12-6-8-13(9-7-12)14(10-21)19-16(22)15-11(2)18-17(23-15)20(3)4/h6-9,14,21H,5,10H2,1-4H3,(H,19,22). The van der Waals surface area contributed by atoms with Crippen LogP contribution >= 0.6 is 11.3 Å². The fourth-order valence-corrected chi connectivity index (χ4v) is 3.12. The van der Waals surface area contributed by atoms with E-state index in [-0.39, 0.29) is 12.5 Å². The molecule has 1 aromatic carbocycles. The van der Waals surface area contributed by atoms with Gasteiger partial charge in [0.25, 0.3) is 5.91 Å². The van der Waals surface area contributed by atoms with E-state index in [1.165, 1.54) is 16.9 Å². The zero-order chi connectivity index (χ0) is 17.0. The van der Waals surface area contributed by atoms with Gasteiger partial charge in [0.05, 0.1) is 18.3 Å². The van der Waals surface area contributed by atoms with E-state index in [0.29, 0.717) is 10.6 Å². The number of hydrogen-bond donors (Lipinski definition) is 2. The molecule has 2 N–H and O–H groups in total. The first-order valence-electron chi connectivity index (χ1n) is 7.61. The topological polar surface area (TPSA) is 65.5 Å². The van der Waals surface area contributed by atoms with E-state index in [0.717, 1.165) is 17.1 Å². The molecule has 1 aromatic heterocycles. The molecule has 0 spiro atoms. The van der Waals surface area contributed by atoms with Gasteiger partial charge < -0.3 is 15.3 Å². The molecule has 1 heterocycles. The second-order valence-corrected chi connectivity index (χ2v) is 6.59. The summed E-state index contributed by atoms with van der Waals surface area (Å²) in [5.74, 6) is -0.202. The summed E-state index contributed by atoms with van der Waals surface area (Å²) in [6, 6.07) is 7.52. The quantitative estimate of drug-likeness (QED) is 0.853. The molecule has 0 radical (unpaired) electrons. The van der Waals surface area contributed by atoms with Gasteiger partial charge in [-0.05, 0) is 24.5 Å². The molecular formula is C17H23N3O2S. The maximum atomic E-state index is 12.5. The lowest BCUT2D eigenvalue weighted by atomic mass is 10.0. The van der Waals surface area contributed by atoms with Gasteiger partial charge in [0.15, 0.2) is 5.13 Å². The molecule has 1 amide bonds. The number of aliphatic hydroxyl groups excluding tert-OH is 1. The Morgan fingerprint density at radius 3 is 2.48 bits per heavy atom. The smallest absolute Gasteiger partial charge is 0.263 e. The van der Waals surface area contributed by atoms with Gasteiger partial charge in [-0.3, -0.25) is 4.79 Å². The maximum Gasteiger partial charge on any atom is 0.263 e. The number of amides is 1. The van der Waals surface area contributed by atoms with Gasteiger partial charge in [-0.15, -0.1) is 0 Å². The molecule has 0 saturated heterocycles. The van der Waals surface area contributed by atoms with Crippen LogP contribution in [0.1, 0.15) is 39.5 Å². The van der Waals surface area contributed by atoms with Crippen molar-refractivity contribution in [2.75, 3.05) is 25.6 Å². The second kappa shape index (κ2) is 7.57. The maximum absolute atomic E-state index is 12.5. The summed E-state index contributed by atoms with van der Waals surface area (Å²) < 4.78 is 0. The molecule has 0 aliphatic rings. The minimum atomic E-state index is -0.419. The third-order valence-electron chi connectivity index (χ3n) is 3.65. The predicted molar refractivity (Wildman–Crippen MR) is 94.3 cm³/mol. The van der Waals surface area contributed by atoms with E-state index in [2.05, 4.69) is 17.2 Å². The van der Waals surface area contributed by atoms with Gasteiger partial charge in [-0.1, -0.05) is 42.5 Å². The van der Waals surface area contributed by atoms with E-state index >= 15 is 0 Å². The highest BCUT2D eigenvalue weighted by Gasteiger charge is 2.20. The van der Waals surface area contributed by atoms with Crippen LogP contribution in [0.5, 0.6) is 0 Å². The zero-order valence-electron chi connectivity index (χ0n) is 14.0. The lowest BCUT2D eigenvalue weighted by Crippen LogP contribution is -2.30. The number of nitrogens with zero attached hydrogens (tertiary/aromatic N) is 2. The highest BCUT2D eigenvalue weighted by molar-refractivity contribution is 7.17. The first kappa shape index (κ1) is 17.4. The second-order valence-electron chi connectivity index (χ2n) is 5.61. The highest BCUT2D eigenvalue weighted by atomic mass is 32.1. The Hall–Kier alpha value is -1.92. The van der Waals surface area contributed by atoms with Crippen LogP contribution in [0, 0.1) is 6.92 Å². The Balaban J connectivity index is 2.16. The molecule has 6 heteroatoms. The molecule has 0 fully saturated rings. The van der Waals surface area contributed by atoms with Gasteiger partial charge in [0, 0.05) is 14.1 Å². The van der Waals surface area contributed by atoms with Crippen molar-refractivity contribution < 1.29 is 9.90 Å². The SMILES string of the molecule is CCc1ccc(C(CO)NC(=O)c2sc(N(C)C)nc2C)cc1. The van der Waals surface area contributed by atoms with Crippen LogP contribution in [0.15, 0.2) is 24.3 Å². The first-order chi connectivity index (χ1) is 11.0. The molecule has 1 atom stereocenters. The highest BCUT2D eigenvalue weighted by Crippen LogP contribution is 2.25. The van der Waals surface area contributed by atoms with Crippen molar-refractivity contribution in [2.24, 2.45) is 0 Å². The molecule has 23 heavy (non-hydrogen) atoms. The number of aromatic nitrogens is 1. The van der Waals surface area contributed by atoms with Crippen molar-refractivity contribution in [2.45, 2.75) is 26.3 Å². The molecule has 2 aromatic rings. The molecule has 0 saturated carbocycles. The number of anilines is 1. The van der Waals surface area contributed by atoms with Crippen LogP contribution in [-0.4, -0.2) is 36.7 Å². The normalized spacial score (nSPS) is 12.0. The van der Waals surface area contributed by atoms with Crippen molar-refractivity contribution in [1.29, 1.82) is 0 Å². The Labute approximate surface area is 141 Å². The average Bonchev–Trinajstić information content (AvgIpc) is 2.95. The Bertz CT molecular complexity index is 665. The lowest BCUT2D eigenvalue weighted by molar-refractivity contribution is 0.0919. The minimum Gasteiger partial charge on any atom is -0.394 e. The van der Waals surface area contributed by atoms with Crippen LogP contribution in [0.2, 0.25) is 0 Å². The number of aryl methyl sites for hydroxylation is 2.